The first-order valence-electron chi connectivity index (χ1n) is 7.72. The third kappa shape index (κ3) is 2.41. The second kappa shape index (κ2) is 5.46. The van der Waals surface area contributed by atoms with Crippen LogP contribution in [0.15, 0.2) is 24.3 Å². The van der Waals surface area contributed by atoms with E-state index in [1.54, 1.807) is 6.07 Å². The first-order chi connectivity index (χ1) is 9.73. The highest BCUT2D eigenvalue weighted by molar-refractivity contribution is 5.58. The first kappa shape index (κ1) is 13.5. The fourth-order valence-electron chi connectivity index (χ4n) is 4.08. The van der Waals surface area contributed by atoms with E-state index in [1.807, 2.05) is 18.2 Å². The summed E-state index contributed by atoms with van der Waals surface area (Å²) in [6.45, 7) is 0. The first-order valence-corrected chi connectivity index (χ1v) is 7.72. The average Bonchev–Trinajstić information content (AvgIpc) is 2.48. The summed E-state index contributed by atoms with van der Waals surface area (Å²) in [6.07, 6.45) is 7.95. The maximum Gasteiger partial charge on any atom is 0.138 e. The van der Waals surface area contributed by atoms with E-state index in [2.05, 4.69) is 11.4 Å². The van der Waals surface area contributed by atoms with Crippen molar-refractivity contribution in [2.24, 2.45) is 11.8 Å². The minimum absolute atomic E-state index is 0.330. The van der Waals surface area contributed by atoms with Crippen molar-refractivity contribution in [2.75, 3.05) is 5.32 Å². The van der Waals surface area contributed by atoms with Crippen LogP contribution in [-0.4, -0.2) is 10.8 Å². The lowest BCUT2D eigenvalue weighted by Gasteiger charge is -2.48. The van der Waals surface area contributed by atoms with E-state index >= 15 is 0 Å². The summed E-state index contributed by atoms with van der Waals surface area (Å²) in [5, 5.41) is 23.6. The molecule has 0 spiro atoms. The van der Waals surface area contributed by atoms with Crippen molar-refractivity contribution in [1.82, 2.24) is 0 Å². The van der Waals surface area contributed by atoms with E-state index in [-0.39, 0.29) is 0 Å². The molecular weight excluding hydrogens is 248 g/mol. The monoisotopic (exact) mass is 270 g/mol. The highest BCUT2D eigenvalue weighted by Gasteiger charge is 2.45. The summed E-state index contributed by atoms with van der Waals surface area (Å²) in [5.41, 5.74) is 0.540. The fourth-order valence-corrected chi connectivity index (χ4v) is 4.08. The van der Waals surface area contributed by atoms with Crippen LogP contribution in [0, 0.1) is 23.2 Å². The summed E-state index contributed by atoms with van der Waals surface area (Å²) in [6, 6.07) is 9.66. The number of benzene rings is 1. The van der Waals surface area contributed by atoms with Crippen LogP contribution in [0.25, 0.3) is 0 Å². The van der Waals surface area contributed by atoms with Crippen LogP contribution in [0.1, 0.15) is 50.5 Å². The van der Waals surface area contributed by atoms with Gasteiger partial charge in [-0.3, -0.25) is 0 Å². The third-order valence-electron chi connectivity index (χ3n) is 5.05. The molecule has 0 amide bonds. The molecule has 0 bridgehead atoms. The van der Waals surface area contributed by atoms with Crippen LogP contribution in [0.5, 0.6) is 0 Å². The van der Waals surface area contributed by atoms with Gasteiger partial charge in [0.25, 0.3) is 0 Å². The zero-order chi connectivity index (χ0) is 14.0. The number of nitrogens with zero attached hydrogens (tertiary/aromatic N) is 1. The highest BCUT2D eigenvalue weighted by Crippen LogP contribution is 2.46. The number of para-hydroxylation sites is 1. The molecule has 3 rings (SSSR count). The lowest BCUT2D eigenvalue weighted by Crippen LogP contribution is -2.52. The average molecular weight is 270 g/mol. The van der Waals surface area contributed by atoms with Gasteiger partial charge in [0.1, 0.15) is 11.8 Å². The number of nitriles is 1. The van der Waals surface area contributed by atoms with Crippen molar-refractivity contribution in [3.05, 3.63) is 29.8 Å². The van der Waals surface area contributed by atoms with E-state index in [1.165, 1.54) is 25.7 Å². The predicted octanol–water partition coefficient (Wildman–Crippen LogP) is 3.65. The molecule has 20 heavy (non-hydrogen) atoms. The van der Waals surface area contributed by atoms with E-state index in [9.17, 15) is 10.4 Å². The van der Waals surface area contributed by atoms with Gasteiger partial charge in [-0.1, -0.05) is 31.4 Å². The smallest absolute Gasteiger partial charge is 0.138 e. The Hall–Kier alpha value is -1.53. The molecule has 2 aliphatic carbocycles. The molecule has 0 aromatic heterocycles. The molecule has 2 saturated carbocycles. The van der Waals surface area contributed by atoms with Crippen molar-refractivity contribution >= 4 is 5.69 Å². The van der Waals surface area contributed by atoms with Gasteiger partial charge in [0.05, 0.1) is 11.3 Å². The lowest BCUT2D eigenvalue weighted by atomic mass is 9.66. The zero-order valence-electron chi connectivity index (χ0n) is 11.8. The third-order valence-corrected chi connectivity index (χ3v) is 5.05. The van der Waals surface area contributed by atoms with Gasteiger partial charge < -0.3 is 10.4 Å². The van der Waals surface area contributed by atoms with Gasteiger partial charge in [-0.05, 0) is 43.7 Å². The Bertz CT molecular complexity index is 520. The molecule has 2 fully saturated rings. The normalized spacial score (nSPS) is 33.0. The van der Waals surface area contributed by atoms with Crippen molar-refractivity contribution < 1.29 is 5.11 Å². The molecule has 3 heteroatoms. The quantitative estimate of drug-likeness (QED) is 0.806. The minimum atomic E-state index is -0.837. The molecule has 2 N–H and O–H groups in total. The summed E-state index contributed by atoms with van der Waals surface area (Å²) >= 11 is 0. The molecule has 1 aromatic rings. The highest BCUT2D eigenvalue weighted by atomic mass is 16.3. The summed E-state index contributed by atoms with van der Waals surface area (Å²) in [4.78, 5) is 0. The van der Waals surface area contributed by atoms with Crippen LogP contribution < -0.4 is 5.32 Å². The second-order valence-electron chi connectivity index (χ2n) is 6.25. The SMILES string of the molecule is N#Cc1ccccc1NC1(O)CCCC2CCCCC21. The van der Waals surface area contributed by atoms with Crippen LogP contribution in [0.4, 0.5) is 5.69 Å². The molecule has 106 valence electrons. The molecule has 3 nitrogen and oxygen atoms in total. The van der Waals surface area contributed by atoms with Gasteiger partial charge in [-0.25, -0.2) is 0 Å². The van der Waals surface area contributed by atoms with Crippen molar-refractivity contribution in [2.45, 2.75) is 50.7 Å². The maximum atomic E-state index is 11.1. The Kier molecular flexibility index (Phi) is 3.67. The molecule has 2 aliphatic rings. The molecule has 0 radical (unpaired) electrons. The number of rotatable bonds is 2. The predicted molar refractivity (Wildman–Crippen MR) is 79.0 cm³/mol. The summed E-state index contributed by atoms with van der Waals surface area (Å²) < 4.78 is 0. The Balaban J connectivity index is 1.85. The number of anilines is 1. The lowest BCUT2D eigenvalue weighted by molar-refractivity contribution is -0.0664. The van der Waals surface area contributed by atoms with E-state index in [0.29, 0.717) is 17.4 Å². The zero-order valence-corrected chi connectivity index (χ0v) is 11.8. The number of hydrogen-bond donors (Lipinski definition) is 2. The standard InChI is InChI=1S/C17H22N2O/c18-12-14-7-2-4-10-16(14)19-17(20)11-5-8-13-6-1-3-9-15(13)17/h2,4,7,10,13,15,19-20H,1,3,5-6,8-9,11H2. The topological polar surface area (TPSA) is 56.0 Å². The molecule has 3 atom stereocenters. The van der Waals surface area contributed by atoms with Gasteiger partial charge >= 0.3 is 0 Å². The van der Waals surface area contributed by atoms with Gasteiger partial charge in [0.2, 0.25) is 0 Å². The van der Waals surface area contributed by atoms with Crippen LogP contribution >= 0.6 is 0 Å². The van der Waals surface area contributed by atoms with E-state index in [0.717, 1.165) is 24.9 Å². The van der Waals surface area contributed by atoms with Gasteiger partial charge in [-0.2, -0.15) is 5.26 Å². The van der Waals surface area contributed by atoms with Crippen LogP contribution in [0.3, 0.4) is 0 Å². The van der Waals surface area contributed by atoms with Gasteiger partial charge in [0.15, 0.2) is 0 Å². The van der Waals surface area contributed by atoms with E-state index in [4.69, 9.17) is 0 Å². The largest absolute Gasteiger partial charge is 0.371 e. The summed E-state index contributed by atoms with van der Waals surface area (Å²) in [7, 11) is 0. The number of nitrogens with one attached hydrogen (secondary N) is 1. The second-order valence-corrected chi connectivity index (χ2v) is 6.25. The molecule has 0 saturated heterocycles. The Morgan fingerprint density at radius 2 is 1.90 bits per heavy atom. The Morgan fingerprint density at radius 3 is 2.75 bits per heavy atom. The van der Waals surface area contributed by atoms with Crippen molar-refractivity contribution in [3.63, 3.8) is 0 Å². The van der Waals surface area contributed by atoms with Crippen molar-refractivity contribution in [1.29, 1.82) is 5.26 Å². The molecular formula is C17H22N2O. The van der Waals surface area contributed by atoms with Gasteiger partial charge in [-0.15, -0.1) is 0 Å². The minimum Gasteiger partial charge on any atom is -0.371 e. The Morgan fingerprint density at radius 1 is 1.15 bits per heavy atom. The Labute approximate surface area is 120 Å². The molecule has 1 aromatic carbocycles. The molecule has 0 heterocycles. The van der Waals surface area contributed by atoms with Gasteiger partial charge in [0, 0.05) is 5.92 Å². The fraction of sp³-hybridized carbons (Fsp3) is 0.588. The maximum absolute atomic E-state index is 11.1. The molecule has 3 unspecified atom stereocenters. The van der Waals surface area contributed by atoms with E-state index < -0.39 is 5.72 Å². The molecule has 0 aliphatic heterocycles. The number of hydrogen-bond acceptors (Lipinski definition) is 3. The summed E-state index contributed by atoms with van der Waals surface area (Å²) in [5.74, 6) is 0.973. The van der Waals surface area contributed by atoms with Crippen LogP contribution in [0.2, 0.25) is 0 Å². The van der Waals surface area contributed by atoms with Crippen LogP contribution in [-0.2, 0) is 0 Å². The van der Waals surface area contributed by atoms with Crippen molar-refractivity contribution in [3.8, 4) is 6.07 Å². The number of aliphatic hydroxyl groups is 1. The number of fused-ring (bicyclic) bond motifs is 1.